The smallest absolute Gasteiger partial charge is 0.231 e. The molecule has 0 atom stereocenters. The highest BCUT2D eigenvalue weighted by Gasteiger charge is 2.10. The second-order valence-electron chi connectivity index (χ2n) is 5.18. The zero-order valence-electron chi connectivity index (χ0n) is 13.4. The number of anilines is 1. The molecule has 0 saturated carbocycles. The van der Waals surface area contributed by atoms with Crippen molar-refractivity contribution in [3.8, 4) is 17.0 Å². The van der Waals surface area contributed by atoms with Crippen molar-refractivity contribution in [2.45, 2.75) is 6.42 Å². The van der Waals surface area contributed by atoms with Crippen LogP contribution >= 0.6 is 0 Å². The predicted octanol–water partition coefficient (Wildman–Crippen LogP) is 2.87. The van der Waals surface area contributed by atoms with E-state index in [9.17, 15) is 9.18 Å². The van der Waals surface area contributed by atoms with Gasteiger partial charge >= 0.3 is 0 Å². The first-order valence-electron chi connectivity index (χ1n) is 7.51. The number of methoxy groups -OCH3 is 1. The van der Waals surface area contributed by atoms with Crippen LogP contribution in [0.1, 0.15) is 5.69 Å². The van der Waals surface area contributed by atoms with Crippen LogP contribution in [-0.4, -0.2) is 28.0 Å². The van der Waals surface area contributed by atoms with Crippen LogP contribution in [0.2, 0.25) is 0 Å². The minimum atomic E-state index is -0.454. The molecular weight excluding hydrogens is 323 g/mol. The predicted molar refractivity (Wildman–Crippen MR) is 90.5 cm³/mol. The normalized spacial score (nSPS) is 10.3. The molecule has 25 heavy (non-hydrogen) atoms. The number of pyridine rings is 1. The van der Waals surface area contributed by atoms with Crippen LogP contribution in [0, 0.1) is 5.82 Å². The Morgan fingerprint density at radius 2 is 2.04 bits per heavy atom. The van der Waals surface area contributed by atoms with E-state index in [0.717, 1.165) is 0 Å². The first kappa shape index (κ1) is 16.5. The third-order valence-corrected chi connectivity index (χ3v) is 3.45. The summed E-state index contributed by atoms with van der Waals surface area (Å²) in [7, 11) is 1.39. The number of aromatic nitrogens is 3. The van der Waals surface area contributed by atoms with Gasteiger partial charge in [0.1, 0.15) is 12.1 Å². The van der Waals surface area contributed by atoms with Gasteiger partial charge in [0.25, 0.3) is 0 Å². The fraction of sp³-hybridized carbons (Fsp3) is 0.111. The average Bonchev–Trinajstić information content (AvgIpc) is 2.63. The van der Waals surface area contributed by atoms with Gasteiger partial charge in [0.15, 0.2) is 11.6 Å². The van der Waals surface area contributed by atoms with Gasteiger partial charge in [0, 0.05) is 23.5 Å². The summed E-state index contributed by atoms with van der Waals surface area (Å²) < 4.78 is 18.5. The topological polar surface area (TPSA) is 77.0 Å². The monoisotopic (exact) mass is 338 g/mol. The molecule has 6 nitrogen and oxygen atoms in total. The summed E-state index contributed by atoms with van der Waals surface area (Å²) in [5.74, 6) is -0.213. The number of nitrogens with one attached hydrogen (secondary N) is 1. The van der Waals surface area contributed by atoms with Crippen molar-refractivity contribution in [2.24, 2.45) is 0 Å². The Kier molecular flexibility index (Phi) is 4.94. The molecule has 0 spiro atoms. The highest BCUT2D eigenvalue weighted by atomic mass is 19.1. The van der Waals surface area contributed by atoms with Crippen molar-refractivity contribution >= 4 is 11.7 Å². The van der Waals surface area contributed by atoms with E-state index < -0.39 is 5.82 Å². The van der Waals surface area contributed by atoms with Gasteiger partial charge in [0.05, 0.1) is 19.2 Å². The van der Waals surface area contributed by atoms with Crippen molar-refractivity contribution in [3.05, 3.63) is 66.5 Å². The zero-order valence-corrected chi connectivity index (χ0v) is 13.4. The van der Waals surface area contributed by atoms with Crippen LogP contribution in [0.25, 0.3) is 11.3 Å². The third-order valence-electron chi connectivity index (χ3n) is 3.45. The lowest BCUT2D eigenvalue weighted by Crippen LogP contribution is -2.16. The Morgan fingerprint density at radius 1 is 1.16 bits per heavy atom. The number of rotatable bonds is 5. The Hall–Kier alpha value is -3.35. The number of benzene rings is 1. The maximum absolute atomic E-state index is 13.5. The van der Waals surface area contributed by atoms with Crippen LogP contribution in [0.3, 0.4) is 0 Å². The van der Waals surface area contributed by atoms with Crippen LogP contribution in [0.4, 0.5) is 10.2 Å². The molecule has 0 radical (unpaired) electrons. The highest BCUT2D eigenvalue weighted by molar-refractivity contribution is 5.91. The van der Waals surface area contributed by atoms with E-state index in [0.29, 0.717) is 22.8 Å². The molecule has 2 heterocycles. The van der Waals surface area contributed by atoms with Gasteiger partial charge in [-0.25, -0.2) is 14.4 Å². The van der Waals surface area contributed by atoms with Gasteiger partial charge in [-0.2, -0.15) is 0 Å². The fourth-order valence-electron chi connectivity index (χ4n) is 2.26. The Labute approximate surface area is 143 Å². The van der Waals surface area contributed by atoms with Crippen molar-refractivity contribution in [3.63, 3.8) is 0 Å². The van der Waals surface area contributed by atoms with Gasteiger partial charge < -0.3 is 10.1 Å². The van der Waals surface area contributed by atoms with Crippen molar-refractivity contribution in [2.75, 3.05) is 12.4 Å². The summed E-state index contributed by atoms with van der Waals surface area (Å²) in [4.78, 5) is 24.4. The second kappa shape index (κ2) is 7.48. The van der Waals surface area contributed by atoms with Crippen LogP contribution < -0.4 is 10.1 Å². The largest absolute Gasteiger partial charge is 0.494 e. The molecule has 0 aliphatic carbocycles. The summed E-state index contributed by atoms with van der Waals surface area (Å²) in [6.07, 6.45) is 3.11. The minimum Gasteiger partial charge on any atom is -0.494 e. The maximum atomic E-state index is 13.5. The SMILES string of the molecule is COc1cc(-c2cc(NC(=O)Cc3ccccn3)ncn2)ccc1F. The van der Waals surface area contributed by atoms with Gasteiger partial charge in [-0.3, -0.25) is 9.78 Å². The molecule has 3 rings (SSSR count). The average molecular weight is 338 g/mol. The maximum Gasteiger partial charge on any atom is 0.231 e. The number of halogens is 1. The van der Waals surface area contributed by atoms with E-state index in [1.165, 1.54) is 25.6 Å². The van der Waals surface area contributed by atoms with Gasteiger partial charge in [-0.05, 0) is 30.3 Å². The molecule has 0 bridgehead atoms. The number of carbonyl (C=O) groups excluding carboxylic acids is 1. The first-order chi connectivity index (χ1) is 12.2. The fourth-order valence-corrected chi connectivity index (χ4v) is 2.26. The highest BCUT2D eigenvalue weighted by Crippen LogP contribution is 2.25. The minimum absolute atomic E-state index is 0.122. The van der Waals surface area contributed by atoms with Crippen LogP contribution in [0.5, 0.6) is 5.75 Å². The van der Waals surface area contributed by atoms with Crippen molar-refractivity contribution < 1.29 is 13.9 Å². The third kappa shape index (κ3) is 4.14. The standard InChI is InChI=1S/C18H15FN4O2/c1-25-16-8-12(5-6-14(16)19)15-10-17(22-11-21-15)23-18(24)9-13-4-2-3-7-20-13/h2-8,10-11H,9H2,1H3,(H,21,22,23,24). The number of amides is 1. The second-order valence-corrected chi connectivity index (χ2v) is 5.18. The van der Waals surface area contributed by atoms with Crippen LogP contribution in [-0.2, 0) is 11.2 Å². The number of ether oxygens (including phenoxy) is 1. The summed E-state index contributed by atoms with van der Waals surface area (Å²) in [5.41, 5.74) is 1.86. The summed E-state index contributed by atoms with van der Waals surface area (Å²) in [6, 6.07) is 11.4. The first-order valence-corrected chi connectivity index (χ1v) is 7.51. The van der Waals surface area contributed by atoms with Crippen LogP contribution in [0.15, 0.2) is 55.0 Å². The molecule has 3 aromatic rings. The van der Waals surface area contributed by atoms with Gasteiger partial charge in [0.2, 0.25) is 5.91 Å². The molecule has 2 aromatic heterocycles. The lowest BCUT2D eigenvalue weighted by Gasteiger charge is -2.08. The number of nitrogens with zero attached hydrogens (tertiary/aromatic N) is 3. The van der Waals surface area contributed by atoms with E-state index >= 15 is 0 Å². The van der Waals surface area contributed by atoms with E-state index in [-0.39, 0.29) is 18.1 Å². The lowest BCUT2D eigenvalue weighted by atomic mass is 10.1. The number of hydrogen-bond acceptors (Lipinski definition) is 5. The van der Waals surface area contributed by atoms with E-state index in [1.54, 1.807) is 30.5 Å². The molecule has 126 valence electrons. The number of carbonyl (C=O) groups is 1. The van der Waals surface area contributed by atoms with E-state index in [1.807, 2.05) is 6.07 Å². The molecule has 1 amide bonds. The molecule has 1 aromatic carbocycles. The zero-order chi connectivity index (χ0) is 17.6. The summed E-state index contributed by atoms with van der Waals surface area (Å²) >= 11 is 0. The van der Waals surface area contributed by atoms with E-state index in [2.05, 4.69) is 20.3 Å². The quantitative estimate of drug-likeness (QED) is 0.774. The Bertz CT molecular complexity index is 887. The van der Waals surface area contributed by atoms with Crippen molar-refractivity contribution in [1.29, 1.82) is 0 Å². The molecular formula is C18H15FN4O2. The molecule has 1 N–H and O–H groups in total. The van der Waals surface area contributed by atoms with Crippen molar-refractivity contribution in [1.82, 2.24) is 15.0 Å². The number of hydrogen-bond donors (Lipinski definition) is 1. The molecule has 0 fully saturated rings. The molecule has 0 unspecified atom stereocenters. The Morgan fingerprint density at radius 3 is 2.80 bits per heavy atom. The summed E-state index contributed by atoms with van der Waals surface area (Å²) in [6.45, 7) is 0. The van der Waals surface area contributed by atoms with E-state index in [4.69, 9.17) is 4.74 Å². The summed E-state index contributed by atoms with van der Waals surface area (Å²) in [5, 5.41) is 2.71. The molecule has 0 saturated heterocycles. The molecule has 0 aliphatic heterocycles. The van der Waals surface area contributed by atoms with Gasteiger partial charge in [-0.15, -0.1) is 0 Å². The van der Waals surface area contributed by atoms with Gasteiger partial charge in [-0.1, -0.05) is 6.07 Å². The molecule has 0 aliphatic rings. The molecule has 7 heteroatoms. The lowest BCUT2D eigenvalue weighted by molar-refractivity contribution is -0.115. The Balaban J connectivity index is 1.76.